The molecule has 7 nitrogen and oxygen atoms in total. The number of amides is 1. The standard InChI is InChI=1S/C23H28N6O/c1-27-19-8-3-2-7-18(19)26-21(27)20-9-4-5-14-29(20)22(30)17-10-15-28(16-11-17)23-24-12-6-13-25-23/h2-3,6-8,12-13,17,20H,4-5,9-11,14-16H2,1H3/t20-/m1/s1. The molecule has 1 aromatic carbocycles. The van der Waals surface area contributed by atoms with Gasteiger partial charge in [0, 0.05) is 45.0 Å². The van der Waals surface area contributed by atoms with Crippen molar-refractivity contribution in [2.75, 3.05) is 24.5 Å². The second-order valence-corrected chi connectivity index (χ2v) is 8.37. The molecular formula is C23H28N6O. The number of fused-ring (bicyclic) bond motifs is 1. The van der Waals surface area contributed by atoms with Crippen LogP contribution < -0.4 is 4.90 Å². The topological polar surface area (TPSA) is 67.2 Å². The average molecular weight is 405 g/mol. The van der Waals surface area contributed by atoms with Crippen LogP contribution in [0.5, 0.6) is 0 Å². The van der Waals surface area contributed by atoms with Gasteiger partial charge in [-0.3, -0.25) is 4.79 Å². The molecular weight excluding hydrogens is 376 g/mol. The predicted octanol–water partition coefficient (Wildman–Crippen LogP) is 3.33. The van der Waals surface area contributed by atoms with Crippen LogP contribution in [-0.4, -0.2) is 50.0 Å². The van der Waals surface area contributed by atoms with E-state index >= 15 is 0 Å². The van der Waals surface area contributed by atoms with Crippen molar-refractivity contribution < 1.29 is 4.79 Å². The zero-order valence-corrected chi connectivity index (χ0v) is 17.4. The maximum Gasteiger partial charge on any atom is 0.226 e. The maximum absolute atomic E-state index is 13.5. The number of imidazole rings is 1. The quantitative estimate of drug-likeness (QED) is 0.670. The molecule has 7 heteroatoms. The molecule has 0 N–H and O–H groups in total. The van der Waals surface area contributed by atoms with Crippen LogP contribution in [0.2, 0.25) is 0 Å². The molecule has 4 heterocycles. The summed E-state index contributed by atoms with van der Waals surface area (Å²) in [7, 11) is 2.07. The Balaban J connectivity index is 1.33. The summed E-state index contributed by atoms with van der Waals surface area (Å²) >= 11 is 0. The van der Waals surface area contributed by atoms with Crippen LogP contribution in [0, 0.1) is 5.92 Å². The maximum atomic E-state index is 13.5. The molecule has 30 heavy (non-hydrogen) atoms. The number of anilines is 1. The van der Waals surface area contributed by atoms with Gasteiger partial charge >= 0.3 is 0 Å². The van der Waals surface area contributed by atoms with E-state index in [0.29, 0.717) is 5.91 Å². The molecule has 156 valence electrons. The number of aromatic nitrogens is 4. The van der Waals surface area contributed by atoms with Crippen LogP contribution in [0.4, 0.5) is 5.95 Å². The lowest BCUT2D eigenvalue weighted by molar-refractivity contribution is -0.140. The van der Waals surface area contributed by atoms with Crippen molar-refractivity contribution in [3.8, 4) is 0 Å². The average Bonchev–Trinajstić information content (AvgIpc) is 3.16. The molecule has 1 amide bonds. The van der Waals surface area contributed by atoms with Crippen molar-refractivity contribution in [1.29, 1.82) is 0 Å². The van der Waals surface area contributed by atoms with Gasteiger partial charge in [-0.1, -0.05) is 12.1 Å². The Morgan fingerprint density at radius 2 is 1.73 bits per heavy atom. The van der Waals surface area contributed by atoms with Crippen LogP contribution in [0.25, 0.3) is 11.0 Å². The van der Waals surface area contributed by atoms with Gasteiger partial charge in [0.1, 0.15) is 5.82 Å². The number of benzene rings is 1. The van der Waals surface area contributed by atoms with E-state index < -0.39 is 0 Å². The molecule has 1 atom stereocenters. The molecule has 3 aromatic rings. The molecule has 2 aliphatic rings. The Bertz CT molecular complexity index is 1020. The number of aryl methyl sites for hydroxylation is 1. The molecule has 0 unspecified atom stereocenters. The summed E-state index contributed by atoms with van der Waals surface area (Å²) < 4.78 is 2.17. The number of piperidine rings is 2. The van der Waals surface area contributed by atoms with E-state index in [4.69, 9.17) is 4.98 Å². The number of carbonyl (C=O) groups is 1. The highest BCUT2D eigenvalue weighted by Gasteiger charge is 2.36. The van der Waals surface area contributed by atoms with E-state index in [1.54, 1.807) is 12.4 Å². The Hall–Kier alpha value is -2.96. The predicted molar refractivity (Wildman–Crippen MR) is 116 cm³/mol. The van der Waals surface area contributed by atoms with Crippen molar-refractivity contribution >= 4 is 22.9 Å². The Kier molecular flexibility index (Phi) is 5.11. The summed E-state index contributed by atoms with van der Waals surface area (Å²) in [5, 5.41) is 0. The van der Waals surface area contributed by atoms with Gasteiger partial charge < -0.3 is 14.4 Å². The molecule has 0 aliphatic carbocycles. The monoisotopic (exact) mass is 404 g/mol. The normalized spacial score (nSPS) is 20.6. The first kappa shape index (κ1) is 19.0. The number of nitrogens with zero attached hydrogens (tertiary/aromatic N) is 6. The van der Waals surface area contributed by atoms with Gasteiger partial charge in [0.25, 0.3) is 0 Å². The number of carbonyl (C=O) groups excluding carboxylic acids is 1. The summed E-state index contributed by atoms with van der Waals surface area (Å²) in [6, 6.07) is 10.1. The fourth-order valence-corrected chi connectivity index (χ4v) is 4.94. The van der Waals surface area contributed by atoms with Crippen LogP contribution in [0.1, 0.15) is 44.0 Å². The SMILES string of the molecule is Cn1c([C@H]2CCCCN2C(=O)C2CCN(c3ncccn3)CC2)nc2ccccc21. The highest BCUT2D eigenvalue weighted by molar-refractivity contribution is 5.80. The summed E-state index contributed by atoms with van der Waals surface area (Å²) in [5.74, 6) is 2.14. The Labute approximate surface area is 176 Å². The molecule has 0 saturated carbocycles. The van der Waals surface area contributed by atoms with E-state index in [1.807, 2.05) is 18.2 Å². The summed E-state index contributed by atoms with van der Waals surface area (Å²) in [6.45, 7) is 2.48. The van der Waals surface area contributed by atoms with Crippen LogP contribution in [0.3, 0.4) is 0 Å². The number of likely N-dealkylation sites (tertiary alicyclic amines) is 1. The summed E-state index contributed by atoms with van der Waals surface area (Å²) in [4.78, 5) is 31.5. The molecule has 2 fully saturated rings. The van der Waals surface area contributed by atoms with Crippen LogP contribution in [0.15, 0.2) is 42.7 Å². The van der Waals surface area contributed by atoms with Crippen molar-refractivity contribution in [3.05, 3.63) is 48.5 Å². The minimum Gasteiger partial charge on any atom is -0.341 e. The molecule has 0 bridgehead atoms. The van der Waals surface area contributed by atoms with Gasteiger partial charge in [0.15, 0.2) is 0 Å². The van der Waals surface area contributed by atoms with E-state index in [-0.39, 0.29) is 12.0 Å². The highest BCUT2D eigenvalue weighted by atomic mass is 16.2. The Morgan fingerprint density at radius 3 is 2.50 bits per heavy atom. The second kappa shape index (κ2) is 8.05. The van der Waals surface area contributed by atoms with Crippen molar-refractivity contribution in [3.63, 3.8) is 0 Å². The zero-order valence-electron chi connectivity index (χ0n) is 17.4. The van der Waals surface area contributed by atoms with E-state index in [1.165, 1.54) is 0 Å². The first-order valence-corrected chi connectivity index (χ1v) is 11.0. The fraction of sp³-hybridized carbons (Fsp3) is 0.478. The van der Waals surface area contributed by atoms with Crippen molar-refractivity contribution in [1.82, 2.24) is 24.4 Å². The number of hydrogen-bond acceptors (Lipinski definition) is 5. The van der Waals surface area contributed by atoms with Gasteiger partial charge in [-0.2, -0.15) is 0 Å². The van der Waals surface area contributed by atoms with Gasteiger partial charge in [-0.25, -0.2) is 15.0 Å². The fourth-order valence-electron chi connectivity index (χ4n) is 4.94. The third-order valence-electron chi connectivity index (χ3n) is 6.58. The third kappa shape index (κ3) is 3.42. The van der Waals surface area contributed by atoms with Gasteiger partial charge in [-0.15, -0.1) is 0 Å². The lowest BCUT2D eigenvalue weighted by Crippen LogP contribution is -2.46. The van der Waals surface area contributed by atoms with E-state index in [0.717, 1.165) is 74.5 Å². The van der Waals surface area contributed by atoms with Gasteiger partial charge in [0.05, 0.1) is 17.1 Å². The Morgan fingerprint density at radius 1 is 0.967 bits per heavy atom. The molecule has 0 radical (unpaired) electrons. The lowest BCUT2D eigenvalue weighted by Gasteiger charge is -2.39. The summed E-state index contributed by atoms with van der Waals surface area (Å²) in [6.07, 6.45) is 8.44. The minimum absolute atomic E-state index is 0.0686. The summed E-state index contributed by atoms with van der Waals surface area (Å²) in [5.41, 5.74) is 2.13. The number of rotatable bonds is 3. The van der Waals surface area contributed by atoms with Crippen LogP contribution >= 0.6 is 0 Å². The smallest absolute Gasteiger partial charge is 0.226 e. The first-order valence-electron chi connectivity index (χ1n) is 11.0. The van der Waals surface area contributed by atoms with Crippen LogP contribution in [-0.2, 0) is 11.8 Å². The second-order valence-electron chi connectivity index (χ2n) is 8.37. The van der Waals surface area contributed by atoms with Crippen molar-refractivity contribution in [2.24, 2.45) is 13.0 Å². The number of hydrogen-bond donors (Lipinski definition) is 0. The largest absolute Gasteiger partial charge is 0.341 e. The number of para-hydroxylation sites is 2. The lowest BCUT2D eigenvalue weighted by atomic mass is 9.92. The zero-order chi connectivity index (χ0) is 20.5. The molecule has 2 saturated heterocycles. The molecule has 5 rings (SSSR count). The molecule has 2 aliphatic heterocycles. The highest BCUT2D eigenvalue weighted by Crippen LogP contribution is 2.34. The minimum atomic E-state index is 0.0686. The van der Waals surface area contributed by atoms with Gasteiger partial charge in [0.2, 0.25) is 11.9 Å². The van der Waals surface area contributed by atoms with Gasteiger partial charge in [-0.05, 0) is 50.3 Å². The molecule has 2 aromatic heterocycles. The van der Waals surface area contributed by atoms with E-state index in [2.05, 4.69) is 43.5 Å². The van der Waals surface area contributed by atoms with Crippen molar-refractivity contribution in [2.45, 2.75) is 38.1 Å². The molecule has 0 spiro atoms. The third-order valence-corrected chi connectivity index (χ3v) is 6.58. The first-order chi connectivity index (χ1) is 14.7. The van der Waals surface area contributed by atoms with E-state index in [9.17, 15) is 4.79 Å².